The molecule has 1 aliphatic heterocycles. The Morgan fingerprint density at radius 2 is 2.12 bits per heavy atom. The fourth-order valence-electron chi connectivity index (χ4n) is 2.34. The van der Waals surface area contributed by atoms with Crippen molar-refractivity contribution in [1.29, 1.82) is 0 Å². The minimum atomic E-state index is 0.742. The van der Waals surface area contributed by atoms with Crippen LogP contribution in [0, 0.1) is 12.8 Å². The van der Waals surface area contributed by atoms with E-state index in [-0.39, 0.29) is 0 Å². The van der Waals surface area contributed by atoms with Crippen molar-refractivity contribution in [2.24, 2.45) is 11.7 Å². The summed E-state index contributed by atoms with van der Waals surface area (Å²) in [6.07, 6.45) is 6.37. The van der Waals surface area contributed by atoms with Gasteiger partial charge in [-0.05, 0) is 56.4 Å². The zero-order valence-electron chi connectivity index (χ0n) is 10.0. The number of hydrogen-bond donors (Lipinski definition) is 1. The molecular weight excluding hydrogens is 198 g/mol. The van der Waals surface area contributed by atoms with Crippen molar-refractivity contribution in [1.82, 2.24) is 9.88 Å². The highest BCUT2D eigenvalue weighted by Gasteiger charge is 2.17. The molecule has 0 atom stereocenters. The van der Waals surface area contributed by atoms with Crippen LogP contribution in [0.2, 0.25) is 0 Å². The number of pyridine rings is 1. The quantitative estimate of drug-likeness (QED) is 0.839. The van der Waals surface area contributed by atoms with Crippen LogP contribution in [-0.2, 0) is 6.54 Å². The van der Waals surface area contributed by atoms with Gasteiger partial charge in [-0.25, -0.2) is 0 Å². The molecule has 1 saturated heterocycles. The van der Waals surface area contributed by atoms with Crippen LogP contribution < -0.4 is 5.73 Å². The highest BCUT2D eigenvalue weighted by molar-refractivity contribution is 5.16. The Kier molecular flexibility index (Phi) is 3.91. The average Bonchev–Trinajstić information content (AvgIpc) is 2.30. The third-order valence-corrected chi connectivity index (χ3v) is 3.38. The minimum Gasteiger partial charge on any atom is -0.330 e. The zero-order valence-corrected chi connectivity index (χ0v) is 10.0. The predicted molar refractivity (Wildman–Crippen MR) is 66.0 cm³/mol. The molecule has 0 radical (unpaired) electrons. The summed E-state index contributed by atoms with van der Waals surface area (Å²) >= 11 is 0. The van der Waals surface area contributed by atoms with Crippen LogP contribution in [0.5, 0.6) is 0 Å². The number of hydrogen-bond acceptors (Lipinski definition) is 3. The maximum atomic E-state index is 5.69. The third-order valence-electron chi connectivity index (χ3n) is 3.38. The van der Waals surface area contributed by atoms with Crippen LogP contribution in [0.3, 0.4) is 0 Å². The van der Waals surface area contributed by atoms with E-state index >= 15 is 0 Å². The summed E-state index contributed by atoms with van der Waals surface area (Å²) in [4.78, 5) is 6.74. The second kappa shape index (κ2) is 5.41. The van der Waals surface area contributed by atoms with Crippen molar-refractivity contribution in [3.8, 4) is 0 Å². The molecule has 88 valence electrons. The van der Waals surface area contributed by atoms with Crippen LogP contribution in [0.1, 0.15) is 24.0 Å². The van der Waals surface area contributed by atoms with Gasteiger partial charge in [0.1, 0.15) is 0 Å². The SMILES string of the molecule is Cc1cncc(CN2CCC(CN)CC2)c1. The van der Waals surface area contributed by atoms with E-state index in [4.69, 9.17) is 5.73 Å². The number of nitrogens with two attached hydrogens (primary N) is 1. The average molecular weight is 219 g/mol. The first kappa shape index (κ1) is 11.6. The van der Waals surface area contributed by atoms with Crippen molar-refractivity contribution in [2.45, 2.75) is 26.3 Å². The van der Waals surface area contributed by atoms with E-state index in [0.717, 1.165) is 19.0 Å². The van der Waals surface area contributed by atoms with Gasteiger partial charge in [0.25, 0.3) is 0 Å². The predicted octanol–water partition coefficient (Wildman–Crippen LogP) is 1.56. The molecule has 3 nitrogen and oxygen atoms in total. The van der Waals surface area contributed by atoms with Crippen LogP contribution in [-0.4, -0.2) is 29.5 Å². The highest BCUT2D eigenvalue weighted by atomic mass is 15.1. The number of piperidine rings is 1. The van der Waals surface area contributed by atoms with Gasteiger partial charge in [0.15, 0.2) is 0 Å². The number of aromatic nitrogens is 1. The molecule has 2 heterocycles. The molecule has 0 unspecified atom stereocenters. The summed E-state index contributed by atoms with van der Waals surface area (Å²) in [6.45, 7) is 6.33. The Hall–Kier alpha value is -0.930. The molecule has 2 rings (SSSR count). The van der Waals surface area contributed by atoms with Gasteiger partial charge in [-0.15, -0.1) is 0 Å². The van der Waals surface area contributed by atoms with Crippen molar-refractivity contribution in [3.63, 3.8) is 0 Å². The number of rotatable bonds is 3. The second-order valence-corrected chi connectivity index (χ2v) is 4.83. The fraction of sp³-hybridized carbons (Fsp3) is 0.615. The van der Waals surface area contributed by atoms with Crippen LogP contribution in [0.15, 0.2) is 18.5 Å². The number of nitrogens with zero attached hydrogens (tertiary/aromatic N) is 2. The monoisotopic (exact) mass is 219 g/mol. The first-order chi connectivity index (χ1) is 7.78. The maximum Gasteiger partial charge on any atom is 0.0313 e. The Morgan fingerprint density at radius 1 is 1.38 bits per heavy atom. The van der Waals surface area contributed by atoms with Crippen molar-refractivity contribution < 1.29 is 0 Å². The van der Waals surface area contributed by atoms with Crippen molar-refractivity contribution in [3.05, 3.63) is 29.6 Å². The molecule has 3 heteroatoms. The molecule has 1 fully saturated rings. The number of likely N-dealkylation sites (tertiary alicyclic amines) is 1. The smallest absolute Gasteiger partial charge is 0.0313 e. The summed E-state index contributed by atoms with van der Waals surface area (Å²) in [5.74, 6) is 0.742. The van der Waals surface area contributed by atoms with Gasteiger partial charge in [-0.2, -0.15) is 0 Å². The highest BCUT2D eigenvalue weighted by Crippen LogP contribution is 2.17. The van der Waals surface area contributed by atoms with Gasteiger partial charge in [0, 0.05) is 18.9 Å². The Bertz CT molecular complexity index is 330. The van der Waals surface area contributed by atoms with Gasteiger partial charge in [0.05, 0.1) is 0 Å². The second-order valence-electron chi connectivity index (χ2n) is 4.83. The molecule has 1 aliphatic rings. The molecule has 0 aliphatic carbocycles. The lowest BCUT2D eigenvalue weighted by Crippen LogP contribution is -2.35. The van der Waals surface area contributed by atoms with Crippen LogP contribution in [0.25, 0.3) is 0 Å². The zero-order chi connectivity index (χ0) is 11.4. The van der Waals surface area contributed by atoms with Gasteiger partial charge in [-0.1, -0.05) is 6.07 Å². The molecule has 0 amide bonds. The fourth-order valence-corrected chi connectivity index (χ4v) is 2.34. The Labute approximate surface area is 97.7 Å². The van der Waals surface area contributed by atoms with Gasteiger partial charge in [-0.3, -0.25) is 9.88 Å². The Morgan fingerprint density at radius 3 is 2.75 bits per heavy atom. The van der Waals surface area contributed by atoms with Gasteiger partial charge in [0.2, 0.25) is 0 Å². The van der Waals surface area contributed by atoms with E-state index < -0.39 is 0 Å². The Balaban J connectivity index is 1.87. The molecule has 0 spiro atoms. The molecular formula is C13H21N3. The summed E-state index contributed by atoms with van der Waals surface area (Å²) in [6, 6.07) is 2.22. The largest absolute Gasteiger partial charge is 0.330 e. The standard InChI is InChI=1S/C13H21N3/c1-11-6-13(9-15-8-11)10-16-4-2-12(7-14)3-5-16/h6,8-9,12H,2-5,7,10,14H2,1H3. The third kappa shape index (κ3) is 3.03. The van der Waals surface area contributed by atoms with Crippen LogP contribution >= 0.6 is 0 Å². The van der Waals surface area contributed by atoms with E-state index in [1.165, 1.54) is 37.1 Å². The van der Waals surface area contributed by atoms with Gasteiger partial charge < -0.3 is 5.73 Å². The van der Waals surface area contributed by atoms with Crippen LogP contribution in [0.4, 0.5) is 0 Å². The van der Waals surface area contributed by atoms with E-state index in [0.29, 0.717) is 0 Å². The number of aryl methyl sites for hydroxylation is 1. The lowest BCUT2D eigenvalue weighted by Gasteiger charge is -2.31. The molecule has 1 aromatic rings. The lowest BCUT2D eigenvalue weighted by atomic mass is 9.97. The molecule has 2 N–H and O–H groups in total. The molecule has 16 heavy (non-hydrogen) atoms. The first-order valence-electron chi connectivity index (χ1n) is 6.11. The summed E-state index contributed by atoms with van der Waals surface area (Å²) < 4.78 is 0. The first-order valence-corrected chi connectivity index (χ1v) is 6.11. The summed E-state index contributed by atoms with van der Waals surface area (Å²) in [5, 5.41) is 0. The molecule has 0 bridgehead atoms. The maximum absolute atomic E-state index is 5.69. The normalized spacial score (nSPS) is 18.9. The van der Waals surface area contributed by atoms with Crippen molar-refractivity contribution >= 4 is 0 Å². The van der Waals surface area contributed by atoms with Crippen molar-refractivity contribution in [2.75, 3.05) is 19.6 Å². The van der Waals surface area contributed by atoms with E-state index in [2.05, 4.69) is 22.9 Å². The van der Waals surface area contributed by atoms with E-state index in [1.54, 1.807) is 0 Å². The molecule has 0 aromatic carbocycles. The summed E-state index contributed by atoms with van der Waals surface area (Å²) in [7, 11) is 0. The van der Waals surface area contributed by atoms with Gasteiger partial charge >= 0.3 is 0 Å². The van der Waals surface area contributed by atoms with E-state index in [1.807, 2.05) is 12.4 Å². The topological polar surface area (TPSA) is 42.2 Å². The lowest BCUT2D eigenvalue weighted by molar-refractivity contribution is 0.180. The van der Waals surface area contributed by atoms with E-state index in [9.17, 15) is 0 Å². The molecule has 1 aromatic heterocycles. The minimum absolute atomic E-state index is 0.742. The summed E-state index contributed by atoms with van der Waals surface area (Å²) in [5.41, 5.74) is 8.26. The molecule has 0 saturated carbocycles.